The molecule has 0 radical (unpaired) electrons. The van der Waals surface area contributed by atoms with Crippen LogP contribution in [0.3, 0.4) is 0 Å². The zero-order valence-corrected chi connectivity index (χ0v) is 12.3. The minimum absolute atomic E-state index is 0.0922. The molecule has 0 aromatic carbocycles. The van der Waals surface area contributed by atoms with Gasteiger partial charge in [0.15, 0.2) is 5.75 Å². The van der Waals surface area contributed by atoms with Crippen LogP contribution in [0, 0.1) is 0 Å². The monoisotopic (exact) mass is 282 g/mol. The fraction of sp³-hybridized carbons (Fsp3) is 0.786. The van der Waals surface area contributed by atoms with E-state index in [1.165, 1.54) is 24.3 Å². The van der Waals surface area contributed by atoms with E-state index in [-0.39, 0.29) is 11.7 Å². The summed E-state index contributed by atoms with van der Waals surface area (Å²) in [5.74, 6) is 3.34. The van der Waals surface area contributed by atoms with E-state index in [1.54, 1.807) is 0 Å². The molecule has 19 heavy (non-hydrogen) atoms. The fourth-order valence-corrected chi connectivity index (χ4v) is 4.18. The fourth-order valence-electron chi connectivity index (χ4n) is 2.95. The van der Waals surface area contributed by atoms with E-state index in [0.29, 0.717) is 0 Å². The lowest BCUT2D eigenvalue weighted by molar-refractivity contribution is -0.116. The lowest BCUT2D eigenvalue weighted by atomic mass is 9.86. The van der Waals surface area contributed by atoms with Crippen LogP contribution in [0.15, 0.2) is 12.4 Å². The summed E-state index contributed by atoms with van der Waals surface area (Å²) in [5.41, 5.74) is 0.0922. The highest BCUT2D eigenvalue weighted by Gasteiger charge is 2.39. The Morgan fingerprint density at radius 2 is 2.37 bits per heavy atom. The van der Waals surface area contributed by atoms with Gasteiger partial charge in [-0.25, -0.2) is 0 Å². The molecule has 5 heteroatoms. The molecule has 0 N–H and O–H groups in total. The van der Waals surface area contributed by atoms with E-state index in [9.17, 15) is 0 Å². The van der Waals surface area contributed by atoms with E-state index in [2.05, 4.69) is 12.0 Å². The Morgan fingerprint density at radius 3 is 3.11 bits per heavy atom. The van der Waals surface area contributed by atoms with Gasteiger partial charge in [0.25, 0.3) is 0 Å². The van der Waals surface area contributed by atoms with Gasteiger partial charge in [-0.1, -0.05) is 0 Å². The van der Waals surface area contributed by atoms with Gasteiger partial charge in [0.2, 0.25) is 0 Å². The van der Waals surface area contributed by atoms with Crippen LogP contribution in [-0.4, -0.2) is 39.6 Å². The quantitative estimate of drug-likeness (QED) is 0.854. The third kappa shape index (κ3) is 3.08. The SMILES string of the molecule is CCn1cc(OC2CCOC3(CCSCC3)C2)cn1. The van der Waals surface area contributed by atoms with Crippen molar-refractivity contribution in [3.05, 3.63) is 12.4 Å². The first kappa shape index (κ1) is 13.3. The number of hydrogen-bond acceptors (Lipinski definition) is 4. The number of hydrogen-bond donors (Lipinski definition) is 0. The number of thioether (sulfide) groups is 1. The molecular weight excluding hydrogens is 260 g/mol. The number of ether oxygens (including phenoxy) is 2. The standard InChI is InChI=1S/C14H22N2O2S/c1-2-16-11-13(10-15-16)18-12-3-6-17-14(9-12)4-7-19-8-5-14/h10-12H,2-9H2,1H3. The van der Waals surface area contributed by atoms with Gasteiger partial charge in [0, 0.05) is 19.4 Å². The molecule has 2 aliphatic rings. The largest absolute Gasteiger partial charge is 0.487 e. The molecular formula is C14H22N2O2S. The Hall–Kier alpha value is -0.680. The van der Waals surface area contributed by atoms with Crippen LogP contribution in [0.2, 0.25) is 0 Å². The van der Waals surface area contributed by atoms with Crippen LogP contribution in [0.4, 0.5) is 0 Å². The normalized spacial score (nSPS) is 26.5. The predicted octanol–water partition coefficient (Wildman–Crippen LogP) is 2.73. The Bertz CT molecular complexity index is 410. The Balaban J connectivity index is 1.61. The van der Waals surface area contributed by atoms with E-state index in [1.807, 2.05) is 28.8 Å². The number of rotatable bonds is 3. The first-order valence-electron chi connectivity index (χ1n) is 7.20. The summed E-state index contributed by atoms with van der Waals surface area (Å²) in [6.45, 7) is 3.80. The Morgan fingerprint density at radius 1 is 1.53 bits per heavy atom. The summed E-state index contributed by atoms with van der Waals surface area (Å²) in [4.78, 5) is 0. The van der Waals surface area contributed by atoms with Crippen molar-refractivity contribution in [2.75, 3.05) is 18.1 Å². The number of aryl methyl sites for hydroxylation is 1. The number of aromatic nitrogens is 2. The van der Waals surface area contributed by atoms with Crippen molar-refractivity contribution in [2.45, 2.75) is 50.9 Å². The van der Waals surface area contributed by atoms with Gasteiger partial charge in [-0.2, -0.15) is 16.9 Å². The summed E-state index contributed by atoms with van der Waals surface area (Å²) < 4.78 is 14.1. The van der Waals surface area contributed by atoms with Crippen molar-refractivity contribution in [1.82, 2.24) is 9.78 Å². The zero-order chi connectivity index (χ0) is 13.1. The molecule has 2 fully saturated rings. The molecule has 3 rings (SSSR count). The molecule has 4 nitrogen and oxygen atoms in total. The van der Waals surface area contributed by atoms with Crippen LogP contribution in [0.5, 0.6) is 5.75 Å². The number of nitrogens with zero attached hydrogens (tertiary/aromatic N) is 2. The Labute approximate surface area is 118 Å². The van der Waals surface area contributed by atoms with Gasteiger partial charge < -0.3 is 9.47 Å². The van der Waals surface area contributed by atoms with E-state index in [0.717, 1.165) is 31.7 Å². The van der Waals surface area contributed by atoms with Crippen molar-refractivity contribution in [1.29, 1.82) is 0 Å². The smallest absolute Gasteiger partial charge is 0.157 e. The van der Waals surface area contributed by atoms with Gasteiger partial charge in [-0.3, -0.25) is 4.68 Å². The average molecular weight is 282 g/mol. The maximum absolute atomic E-state index is 6.10. The van der Waals surface area contributed by atoms with Crippen molar-refractivity contribution >= 4 is 11.8 Å². The highest BCUT2D eigenvalue weighted by atomic mass is 32.2. The van der Waals surface area contributed by atoms with E-state index in [4.69, 9.17) is 9.47 Å². The Kier molecular flexibility index (Phi) is 4.03. The highest BCUT2D eigenvalue weighted by molar-refractivity contribution is 7.99. The lowest BCUT2D eigenvalue weighted by Gasteiger charge is -2.42. The minimum atomic E-state index is 0.0922. The van der Waals surface area contributed by atoms with E-state index >= 15 is 0 Å². The molecule has 1 spiro atoms. The van der Waals surface area contributed by atoms with Crippen LogP contribution < -0.4 is 4.74 Å². The summed E-state index contributed by atoms with van der Waals surface area (Å²) in [5, 5.41) is 4.26. The van der Waals surface area contributed by atoms with Gasteiger partial charge in [-0.05, 0) is 31.3 Å². The molecule has 1 atom stereocenters. The molecule has 2 saturated heterocycles. The van der Waals surface area contributed by atoms with Crippen molar-refractivity contribution in [3.63, 3.8) is 0 Å². The average Bonchev–Trinajstić information content (AvgIpc) is 2.87. The third-order valence-corrected chi connectivity index (χ3v) is 5.07. The molecule has 1 aromatic rings. The minimum Gasteiger partial charge on any atom is -0.487 e. The molecule has 0 saturated carbocycles. The first-order chi connectivity index (χ1) is 9.30. The van der Waals surface area contributed by atoms with Crippen molar-refractivity contribution in [3.8, 4) is 5.75 Å². The van der Waals surface area contributed by atoms with Crippen LogP contribution >= 0.6 is 11.8 Å². The molecule has 0 aliphatic carbocycles. The molecule has 1 aromatic heterocycles. The summed E-state index contributed by atoms with van der Waals surface area (Å²) >= 11 is 2.04. The molecule has 0 bridgehead atoms. The molecule has 0 amide bonds. The van der Waals surface area contributed by atoms with Gasteiger partial charge >= 0.3 is 0 Å². The van der Waals surface area contributed by atoms with Gasteiger partial charge in [-0.15, -0.1) is 0 Å². The van der Waals surface area contributed by atoms with Crippen LogP contribution in [0.1, 0.15) is 32.6 Å². The topological polar surface area (TPSA) is 36.3 Å². The second-order valence-corrected chi connectivity index (χ2v) is 6.63. The molecule has 3 heterocycles. The molecule has 1 unspecified atom stereocenters. The summed E-state index contributed by atoms with van der Waals surface area (Å²) in [7, 11) is 0. The summed E-state index contributed by atoms with van der Waals surface area (Å²) in [6.07, 6.45) is 8.46. The summed E-state index contributed by atoms with van der Waals surface area (Å²) in [6, 6.07) is 0. The second kappa shape index (κ2) is 5.75. The van der Waals surface area contributed by atoms with Crippen LogP contribution in [-0.2, 0) is 11.3 Å². The van der Waals surface area contributed by atoms with E-state index < -0.39 is 0 Å². The van der Waals surface area contributed by atoms with Crippen molar-refractivity contribution in [2.24, 2.45) is 0 Å². The maximum Gasteiger partial charge on any atom is 0.157 e. The zero-order valence-electron chi connectivity index (χ0n) is 11.5. The van der Waals surface area contributed by atoms with Gasteiger partial charge in [0.05, 0.1) is 24.6 Å². The van der Waals surface area contributed by atoms with Crippen molar-refractivity contribution < 1.29 is 9.47 Å². The van der Waals surface area contributed by atoms with Gasteiger partial charge in [0.1, 0.15) is 6.10 Å². The maximum atomic E-state index is 6.10. The highest BCUT2D eigenvalue weighted by Crippen LogP contribution is 2.38. The molecule has 106 valence electrons. The third-order valence-electron chi connectivity index (χ3n) is 4.09. The molecule has 2 aliphatic heterocycles. The van der Waals surface area contributed by atoms with Crippen LogP contribution in [0.25, 0.3) is 0 Å². The first-order valence-corrected chi connectivity index (χ1v) is 8.36. The lowest BCUT2D eigenvalue weighted by Crippen LogP contribution is -2.46. The second-order valence-electron chi connectivity index (χ2n) is 5.41. The predicted molar refractivity (Wildman–Crippen MR) is 76.8 cm³/mol.